The molecule has 16 heavy (non-hydrogen) atoms. The fraction of sp³-hybridized carbons (Fsp3) is 1.00. The highest BCUT2D eigenvalue weighted by molar-refractivity contribution is 5.02. The van der Waals surface area contributed by atoms with Gasteiger partial charge in [-0.15, -0.1) is 0 Å². The smallest absolute Gasteiger partial charge is 0.0834 e. The summed E-state index contributed by atoms with van der Waals surface area (Å²) in [6.07, 6.45) is 6.20. The summed E-state index contributed by atoms with van der Waals surface area (Å²) in [5.74, 6) is 0.633. The molecule has 1 N–H and O–H groups in total. The van der Waals surface area contributed by atoms with Gasteiger partial charge in [0.2, 0.25) is 0 Å². The molecule has 1 heterocycles. The van der Waals surface area contributed by atoms with E-state index in [1.807, 2.05) is 7.11 Å². The highest BCUT2D eigenvalue weighted by Crippen LogP contribution is 2.41. The Morgan fingerprint density at radius 1 is 1.44 bits per heavy atom. The Labute approximate surface area is 98.9 Å². The molecule has 1 aliphatic carbocycles. The Balaban J connectivity index is 2.02. The summed E-state index contributed by atoms with van der Waals surface area (Å²) in [6.45, 7) is 5.04. The third-order valence-electron chi connectivity index (χ3n) is 4.26. The first kappa shape index (κ1) is 12.3. The van der Waals surface area contributed by atoms with E-state index in [4.69, 9.17) is 9.47 Å². The van der Waals surface area contributed by atoms with Gasteiger partial charge in [-0.1, -0.05) is 6.92 Å². The number of methoxy groups -OCH3 is 1. The summed E-state index contributed by atoms with van der Waals surface area (Å²) in [5, 5.41) is 3.64. The van der Waals surface area contributed by atoms with Crippen molar-refractivity contribution >= 4 is 0 Å². The van der Waals surface area contributed by atoms with Crippen molar-refractivity contribution in [2.75, 3.05) is 26.9 Å². The van der Waals surface area contributed by atoms with Gasteiger partial charge >= 0.3 is 0 Å². The second-order valence-corrected chi connectivity index (χ2v) is 5.14. The Kier molecular flexibility index (Phi) is 4.22. The number of likely N-dealkylation sites (N-methyl/N-ethyl adjacent to an activating group) is 1. The summed E-state index contributed by atoms with van der Waals surface area (Å²) >= 11 is 0. The first-order chi connectivity index (χ1) is 7.82. The van der Waals surface area contributed by atoms with Gasteiger partial charge in [-0.2, -0.15) is 0 Å². The van der Waals surface area contributed by atoms with E-state index in [0.29, 0.717) is 12.0 Å². The molecule has 3 heteroatoms. The van der Waals surface area contributed by atoms with Crippen LogP contribution in [0.3, 0.4) is 0 Å². The zero-order chi connectivity index (χ0) is 11.4. The molecule has 3 nitrogen and oxygen atoms in total. The number of ether oxygens (including phenoxy) is 2. The monoisotopic (exact) mass is 227 g/mol. The first-order valence-electron chi connectivity index (χ1n) is 6.68. The molecule has 2 fully saturated rings. The molecule has 0 aromatic rings. The lowest BCUT2D eigenvalue weighted by Gasteiger charge is -2.50. The fourth-order valence-electron chi connectivity index (χ4n) is 3.20. The number of nitrogens with one attached hydrogen (secondary N) is 1. The molecule has 0 radical (unpaired) electrons. The maximum atomic E-state index is 5.82. The largest absolute Gasteiger partial charge is 0.381 e. The molecule has 0 spiro atoms. The van der Waals surface area contributed by atoms with Crippen molar-refractivity contribution in [1.82, 2.24) is 5.32 Å². The standard InChI is InChI=1S/C13H25NO2/c1-3-14-12(11-6-4-9-16-10-11)13(15-2)7-5-8-13/h11-12,14H,3-10H2,1-2H3. The molecule has 0 amide bonds. The van der Waals surface area contributed by atoms with E-state index < -0.39 is 0 Å². The van der Waals surface area contributed by atoms with Crippen LogP contribution in [0, 0.1) is 5.92 Å². The second-order valence-electron chi connectivity index (χ2n) is 5.14. The predicted molar refractivity (Wildman–Crippen MR) is 64.6 cm³/mol. The zero-order valence-electron chi connectivity index (χ0n) is 10.6. The van der Waals surface area contributed by atoms with Crippen molar-refractivity contribution < 1.29 is 9.47 Å². The van der Waals surface area contributed by atoms with Crippen LogP contribution in [0.25, 0.3) is 0 Å². The van der Waals surface area contributed by atoms with Crippen molar-refractivity contribution in [1.29, 1.82) is 0 Å². The van der Waals surface area contributed by atoms with Gasteiger partial charge in [0, 0.05) is 25.7 Å². The van der Waals surface area contributed by atoms with Crippen molar-refractivity contribution in [3.63, 3.8) is 0 Å². The minimum absolute atomic E-state index is 0.0986. The van der Waals surface area contributed by atoms with Crippen LogP contribution in [0.5, 0.6) is 0 Å². The molecule has 2 unspecified atom stereocenters. The third-order valence-corrected chi connectivity index (χ3v) is 4.26. The van der Waals surface area contributed by atoms with Gasteiger partial charge in [0.1, 0.15) is 0 Å². The molecule has 1 saturated heterocycles. The van der Waals surface area contributed by atoms with Gasteiger partial charge in [0.25, 0.3) is 0 Å². The summed E-state index contributed by atoms with van der Waals surface area (Å²) in [6, 6.07) is 0.483. The number of hydrogen-bond acceptors (Lipinski definition) is 3. The maximum Gasteiger partial charge on any atom is 0.0834 e. The van der Waals surface area contributed by atoms with E-state index in [1.165, 1.54) is 32.1 Å². The summed E-state index contributed by atoms with van der Waals surface area (Å²) in [7, 11) is 1.87. The van der Waals surface area contributed by atoms with Crippen LogP contribution < -0.4 is 5.32 Å². The molecule has 94 valence electrons. The Bertz CT molecular complexity index is 204. The van der Waals surface area contributed by atoms with Crippen molar-refractivity contribution in [3.05, 3.63) is 0 Å². The van der Waals surface area contributed by atoms with Gasteiger partial charge in [-0.3, -0.25) is 0 Å². The van der Waals surface area contributed by atoms with E-state index in [0.717, 1.165) is 19.8 Å². The maximum absolute atomic E-state index is 5.82. The van der Waals surface area contributed by atoms with Gasteiger partial charge in [-0.25, -0.2) is 0 Å². The van der Waals surface area contributed by atoms with E-state index in [2.05, 4.69) is 12.2 Å². The van der Waals surface area contributed by atoms with Crippen molar-refractivity contribution in [2.45, 2.75) is 50.7 Å². The molecule has 0 aromatic carbocycles. The van der Waals surface area contributed by atoms with Crippen LogP contribution >= 0.6 is 0 Å². The Morgan fingerprint density at radius 3 is 2.69 bits per heavy atom. The summed E-state index contributed by atoms with van der Waals surface area (Å²) < 4.78 is 11.4. The predicted octanol–water partition coefficient (Wildman–Crippen LogP) is 1.96. The first-order valence-corrected chi connectivity index (χ1v) is 6.68. The molecule has 1 saturated carbocycles. The van der Waals surface area contributed by atoms with E-state index in [-0.39, 0.29) is 5.60 Å². The third kappa shape index (κ3) is 2.27. The normalized spacial score (nSPS) is 30.8. The van der Waals surface area contributed by atoms with Gasteiger partial charge in [0.15, 0.2) is 0 Å². The lowest BCUT2D eigenvalue weighted by Crippen LogP contribution is -2.60. The second kappa shape index (κ2) is 5.48. The molecular formula is C13H25NO2. The zero-order valence-corrected chi connectivity index (χ0v) is 10.6. The molecule has 0 aromatic heterocycles. The van der Waals surface area contributed by atoms with Crippen LogP contribution in [0.15, 0.2) is 0 Å². The van der Waals surface area contributed by atoms with Crippen LogP contribution in [-0.2, 0) is 9.47 Å². The lowest BCUT2D eigenvalue weighted by molar-refractivity contribution is -0.124. The van der Waals surface area contributed by atoms with E-state index in [1.54, 1.807) is 0 Å². The average Bonchev–Trinajstić information content (AvgIpc) is 2.28. The van der Waals surface area contributed by atoms with Gasteiger partial charge < -0.3 is 14.8 Å². The Morgan fingerprint density at radius 2 is 2.25 bits per heavy atom. The van der Waals surface area contributed by atoms with E-state index in [9.17, 15) is 0 Å². The Hall–Kier alpha value is -0.120. The molecular weight excluding hydrogens is 202 g/mol. The van der Waals surface area contributed by atoms with Crippen molar-refractivity contribution in [2.24, 2.45) is 5.92 Å². The molecule has 2 rings (SSSR count). The lowest BCUT2D eigenvalue weighted by atomic mass is 9.69. The number of rotatable bonds is 5. The van der Waals surface area contributed by atoms with Crippen LogP contribution in [-0.4, -0.2) is 38.5 Å². The van der Waals surface area contributed by atoms with Gasteiger partial charge in [-0.05, 0) is 38.6 Å². The minimum atomic E-state index is 0.0986. The van der Waals surface area contributed by atoms with Crippen molar-refractivity contribution in [3.8, 4) is 0 Å². The fourth-order valence-corrected chi connectivity index (χ4v) is 3.20. The summed E-state index contributed by atoms with van der Waals surface area (Å²) in [4.78, 5) is 0. The van der Waals surface area contributed by atoms with Gasteiger partial charge in [0.05, 0.1) is 12.2 Å². The topological polar surface area (TPSA) is 30.5 Å². The molecule has 2 aliphatic rings. The minimum Gasteiger partial charge on any atom is -0.381 e. The van der Waals surface area contributed by atoms with Crippen LogP contribution in [0.1, 0.15) is 39.0 Å². The molecule has 2 atom stereocenters. The molecule has 0 bridgehead atoms. The number of hydrogen-bond donors (Lipinski definition) is 1. The highest BCUT2D eigenvalue weighted by Gasteiger charge is 2.47. The summed E-state index contributed by atoms with van der Waals surface area (Å²) in [5.41, 5.74) is 0.0986. The highest BCUT2D eigenvalue weighted by atomic mass is 16.5. The van der Waals surface area contributed by atoms with E-state index >= 15 is 0 Å². The van der Waals surface area contributed by atoms with Crippen LogP contribution in [0.4, 0.5) is 0 Å². The quantitative estimate of drug-likeness (QED) is 0.779. The average molecular weight is 227 g/mol. The van der Waals surface area contributed by atoms with Crippen LogP contribution in [0.2, 0.25) is 0 Å². The molecule has 1 aliphatic heterocycles. The SMILES string of the molecule is CCNC(C1CCCOC1)C1(OC)CCC1.